The average Bonchev–Trinajstić information content (AvgIpc) is 2.07. The summed E-state index contributed by atoms with van der Waals surface area (Å²) in [6, 6.07) is 2.36. The molecule has 1 aromatic heterocycles. The van der Waals surface area contributed by atoms with Crippen LogP contribution in [-0.4, -0.2) is 11.3 Å². The van der Waals surface area contributed by atoms with Crippen molar-refractivity contribution in [2.75, 3.05) is 5.73 Å². The molecular formula is C7H3ClF3N3O. The Morgan fingerprint density at radius 3 is 2.60 bits per heavy atom. The van der Waals surface area contributed by atoms with Crippen LogP contribution >= 0.6 is 11.6 Å². The van der Waals surface area contributed by atoms with E-state index < -0.39 is 23.5 Å². The quantitative estimate of drug-likeness (QED) is 0.759. The van der Waals surface area contributed by atoms with Gasteiger partial charge >= 0.3 is 6.36 Å². The van der Waals surface area contributed by atoms with Crippen molar-refractivity contribution >= 4 is 17.3 Å². The van der Waals surface area contributed by atoms with Crippen molar-refractivity contribution in [1.29, 1.82) is 5.26 Å². The molecule has 0 aliphatic heterocycles. The molecule has 0 spiro atoms. The fourth-order valence-corrected chi connectivity index (χ4v) is 1.02. The predicted molar refractivity (Wildman–Crippen MR) is 45.1 cm³/mol. The van der Waals surface area contributed by atoms with Gasteiger partial charge in [-0.1, -0.05) is 11.6 Å². The van der Waals surface area contributed by atoms with E-state index in [1.165, 1.54) is 6.07 Å². The van der Waals surface area contributed by atoms with E-state index in [2.05, 4.69) is 9.72 Å². The van der Waals surface area contributed by atoms with Crippen molar-refractivity contribution in [3.8, 4) is 11.8 Å². The second-order valence-electron chi connectivity index (χ2n) is 2.37. The number of hydrogen-bond acceptors (Lipinski definition) is 4. The molecule has 0 atom stereocenters. The van der Waals surface area contributed by atoms with Crippen LogP contribution in [0.15, 0.2) is 6.07 Å². The first-order valence-electron chi connectivity index (χ1n) is 3.45. The summed E-state index contributed by atoms with van der Waals surface area (Å²) in [5.74, 6) is -0.839. The Bertz CT molecular complexity index is 427. The normalized spacial score (nSPS) is 10.9. The number of pyridine rings is 1. The maximum absolute atomic E-state index is 11.9. The maximum Gasteiger partial charge on any atom is 0.573 e. The lowest BCUT2D eigenvalue weighted by molar-refractivity contribution is -0.274. The molecule has 0 radical (unpaired) electrons. The molecule has 0 unspecified atom stereocenters. The molecule has 15 heavy (non-hydrogen) atoms. The molecule has 1 rings (SSSR count). The van der Waals surface area contributed by atoms with Crippen LogP contribution in [0.3, 0.4) is 0 Å². The zero-order valence-corrected chi connectivity index (χ0v) is 7.73. The summed E-state index contributed by atoms with van der Waals surface area (Å²) >= 11 is 5.39. The topological polar surface area (TPSA) is 71.9 Å². The highest BCUT2D eigenvalue weighted by Crippen LogP contribution is 2.32. The van der Waals surface area contributed by atoms with Gasteiger partial charge in [-0.25, -0.2) is 4.98 Å². The van der Waals surface area contributed by atoms with Gasteiger partial charge in [0.2, 0.25) is 0 Å². The van der Waals surface area contributed by atoms with Gasteiger partial charge in [-0.3, -0.25) is 0 Å². The molecule has 1 aromatic rings. The Hall–Kier alpha value is -1.68. The number of ether oxygens (including phenoxy) is 1. The summed E-state index contributed by atoms with van der Waals surface area (Å²) in [5.41, 5.74) is 4.19. The van der Waals surface area contributed by atoms with Gasteiger partial charge in [-0.2, -0.15) is 5.26 Å². The minimum atomic E-state index is -4.94. The number of rotatable bonds is 1. The standard InChI is InChI=1S/C7H3ClF3N3O/c8-5-1-3(13)6(4(2-12)14-5)15-7(9,10)11/h1H,(H2,13,14). The first-order chi connectivity index (χ1) is 6.83. The largest absolute Gasteiger partial charge is 0.573 e. The van der Waals surface area contributed by atoms with E-state index in [1.807, 2.05) is 0 Å². The molecule has 80 valence electrons. The van der Waals surface area contributed by atoms with Gasteiger partial charge in [0.1, 0.15) is 11.2 Å². The van der Waals surface area contributed by atoms with Gasteiger partial charge in [-0.15, -0.1) is 13.2 Å². The third-order valence-electron chi connectivity index (χ3n) is 1.29. The van der Waals surface area contributed by atoms with Crippen LogP contribution in [0.1, 0.15) is 5.69 Å². The fourth-order valence-electron chi connectivity index (χ4n) is 0.819. The molecule has 0 aliphatic carbocycles. The zero-order chi connectivity index (χ0) is 11.6. The minimum Gasteiger partial charge on any atom is -0.400 e. The van der Waals surface area contributed by atoms with Crippen molar-refractivity contribution in [2.45, 2.75) is 6.36 Å². The molecule has 0 saturated carbocycles. The number of aromatic nitrogens is 1. The second-order valence-corrected chi connectivity index (χ2v) is 2.76. The Labute approximate surface area is 87.0 Å². The van der Waals surface area contributed by atoms with E-state index in [0.29, 0.717) is 0 Å². The van der Waals surface area contributed by atoms with Crippen molar-refractivity contribution < 1.29 is 17.9 Å². The van der Waals surface area contributed by atoms with Crippen molar-refractivity contribution in [2.24, 2.45) is 0 Å². The summed E-state index contributed by atoms with van der Waals surface area (Å²) in [5, 5.41) is 8.31. The van der Waals surface area contributed by atoms with E-state index in [0.717, 1.165) is 6.07 Å². The van der Waals surface area contributed by atoms with E-state index in [1.54, 1.807) is 0 Å². The molecule has 0 saturated heterocycles. The summed E-state index contributed by atoms with van der Waals surface area (Å²) in [7, 11) is 0. The molecular weight excluding hydrogens is 235 g/mol. The molecule has 8 heteroatoms. The smallest absolute Gasteiger partial charge is 0.400 e. The van der Waals surface area contributed by atoms with Crippen molar-refractivity contribution in [3.05, 3.63) is 16.9 Å². The molecule has 2 N–H and O–H groups in total. The van der Waals surface area contributed by atoms with E-state index in [-0.39, 0.29) is 5.15 Å². The van der Waals surface area contributed by atoms with Gasteiger partial charge in [0.25, 0.3) is 0 Å². The summed E-state index contributed by atoms with van der Waals surface area (Å²) in [6.07, 6.45) is -4.94. The number of alkyl halides is 3. The lowest BCUT2D eigenvalue weighted by Crippen LogP contribution is -2.19. The van der Waals surface area contributed by atoms with Crippen LogP contribution in [0.2, 0.25) is 5.15 Å². The SMILES string of the molecule is N#Cc1nc(Cl)cc(N)c1OC(F)(F)F. The van der Waals surface area contributed by atoms with Crippen LogP contribution < -0.4 is 10.5 Å². The molecule has 1 heterocycles. The molecule has 0 amide bonds. The third-order valence-corrected chi connectivity index (χ3v) is 1.49. The fraction of sp³-hybridized carbons (Fsp3) is 0.143. The third kappa shape index (κ3) is 2.89. The highest BCUT2D eigenvalue weighted by molar-refractivity contribution is 6.29. The van der Waals surface area contributed by atoms with Crippen molar-refractivity contribution in [3.63, 3.8) is 0 Å². The Morgan fingerprint density at radius 2 is 2.13 bits per heavy atom. The number of halogens is 4. The first kappa shape index (κ1) is 11.4. The predicted octanol–water partition coefficient (Wildman–Crippen LogP) is 2.09. The Balaban J connectivity index is 3.23. The Morgan fingerprint density at radius 1 is 1.53 bits per heavy atom. The molecule has 0 aliphatic rings. The van der Waals surface area contributed by atoms with Crippen LogP contribution in [0.5, 0.6) is 5.75 Å². The summed E-state index contributed by atoms with van der Waals surface area (Å²) in [6.45, 7) is 0. The van der Waals surface area contributed by atoms with Gasteiger partial charge in [0, 0.05) is 6.07 Å². The number of nitrogen functional groups attached to an aromatic ring is 1. The van der Waals surface area contributed by atoms with E-state index in [4.69, 9.17) is 22.6 Å². The monoisotopic (exact) mass is 237 g/mol. The lowest BCUT2D eigenvalue weighted by atomic mass is 10.3. The highest BCUT2D eigenvalue weighted by Gasteiger charge is 2.33. The first-order valence-corrected chi connectivity index (χ1v) is 3.83. The van der Waals surface area contributed by atoms with Gasteiger partial charge < -0.3 is 10.5 Å². The van der Waals surface area contributed by atoms with E-state index >= 15 is 0 Å². The van der Waals surface area contributed by atoms with Gasteiger partial charge in [0.05, 0.1) is 5.69 Å². The van der Waals surface area contributed by atoms with Crippen LogP contribution in [0, 0.1) is 11.3 Å². The number of nitrogens with zero attached hydrogens (tertiary/aromatic N) is 2. The van der Waals surface area contributed by atoms with Gasteiger partial charge in [0.15, 0.2) is 11.4 Å². The van der Waals surface area contributed by atoms with Crippen LogP contribution in [0.25, 0.3) is 0 Å². The number of nitriles is 1. The average molecular weight is 238 g/mol. The number of anilines is 1. The van der Waals surface area contributed by atoms with Crippen molar-refractivity contribution in [1.82, 2.24) is 4.98 Å². The minimum absolute atomic E-state index is 0.182. The molecule has 0 bridgehead atoms. The lowest BCUT2D eigenvalue weighted by Gasteiger charge is -2.11. The maximum atomic E-state index is 11.9. The molecule has 4 nitrogen and oxygen atoms in total. The molecule has 0 aromatic carbocycles. The summed E-state index contributed by atoms with van der Waals surface area (Å²) in [4.78, 5) is 3.34. The highest BCUT2D eigenvalue weighted by atomic mass is 35.5. The van der Waals surface area contributed by atoms with Crippen LogP contribution in [-0.2, 0) is 0 Å². The van der Waals surface area contributed by atoms with Crippen LogP contribution in [0.4, 0.5) is 18.9 Å². The molecule has 0 fully saturated rings. The zero-order valence-electron chi connectivity index (χ0n) is 6.97. The van der Waals surface area contributed by atoms with E-state index in [9.17, 15) is 13.2 Å². The Kier molecular flexibility index (Phi) is 2.90. The number of nitrogens with two attached hydrogens (primary N) is 1. The second kappa shape index (κ2) is 3.82. The number of hydrogen-bond donors (Lipinski definition) is 1. The van der Waals surface area contributed by atoms with Gasteiger partial charge in [-0.05, 0) is 0 Å². The summed E-state index contributed by atoms with van der Waals surface area (Å²) < 4.78 is 39.2.